The SMILES string of the molecule is Cc1ccc(N2C(=O)N(CC(=O)NC[C@@H]3CCCO3)C(=O)[C@H]2C)cc1. The zero-order chi connectivity index (χ0) is 18.0. The summed E-state index contributed by atoms with van der Waals surface area (Å²) in [5, 5.41) is 2.74. The summed E-state index contributed by atoms with van der Waals surface area (Å²) in [6.45, 7) is 4.48. The standard InChI is InChI=1S/C18H23N3O4/c1-12-5-7-14(8-6-12)21-13(2)17(23)20(18(21)24)11-16(22)19-10-15-4-3-9-25-15/h5-8,13,15H,3-4,9-11H2,1-2H3,(H,19,22)/t13-,15+/m1/s1. The van der Waals surface area contributed by atoms with Crippen molar-refractivity contribution in [2.75, 3.05) is 24.6 Å². The highest BCUT2D eigenvalue weighted by molar-refractivity contribution is 6.15. The summed E-state index contributed by atoms with van der Waals surface area (Å²) in [5.41, 5.74) is 1.72. The van der Waals surface area contributed by atoms with Gasteiger partial charge in [-0.05, 0) is 38.8 Å². The highest BCUT2D eigenvalue weighted by Gasteiger charge is 2.44. The number of rotatable bonds is 5. The van der Waals surface area contributed by atoms with Crippen LogP contribution in [0, 0.1) is 6.92 Å². The molecule has 1 aromatic carbocycles. The Balaban J connectivity index is 1.63. The number of ether oxygens (including phenoxy) is 1. The fraction of sp³-hybridized carbons (Fsp3) is 0.500. The predicted molar refractivity (Wildman–Crippen MR) is 92.2 cm³/mol. The van der Waals surface area contributed by atoms with Gasteiger partial charge in [-0.25, -0.2) is 4.79 Å². The molecule has 2 heterocycles. The topological polar surface area (TPSA) is 79.0 Å². The third-order valence-electron chi connectivity index (χ3n) is 4.61. The number of aryl methyl sites for hydroxylation is 1. The Hall–Kier alpha value is -2.41. The third kappa shape index (κ3) is 3.66. The first-order chi connectivity index (χ1) is 12.0. The van der Waals surface area contributed by atoms with Crippen LogP contribution < -0.4 is 10.2 Å². The van der Waals surface area contributed by atoms with E-state index in [4.69, 9.17) is 4.74 Å². The summed E-state index contributed by atoms with van der Waals surface area (Å²) in [7, 11) is 0. The molecule has 2 fully saturated rings. The van der Waals surface area contributed by atoms with Gasteiger partial charge in [-0.2, -0.15) is 0 Å². The first-order valence-electron chi connectivity index (χ1n) is 8.57. The Morgan fingerprint density at radius 3 is 2.64 bits per heavy atom. The second-order valence-electron chi connectivity index (χ2n) is 6.53. The average molecular weight is 345 g/mol. The fourth-order valence-electron chi connectivity index (χ4n) is 3.14. The maximum Gasteiger partial charge on any atom is 0.332 e. The Labute approximate surface area is 146 Å². The molecule has 0 saturated carbocycles. The molecule has 0 aliphatic carbocycles. The summed E-state index contributed by atoms with van der Waals surface area (Å²) in [6, 6.07) is 6.29. The molecule has 2 atom stereocenters. The molecule has 134 valence electrons. The molecule has 2 aliphatic heterocycles. The van der Waals surface area contributed by atoms with Gasteiger partial charge in [0.2, 0.25) is 5.91 Å². The van der Waals surface area contributed by atoms with Crippen LogP contribution in [0.15, 0.2) is 24.3 Å². The number of carbonyl (C=O) groups is 3. The van der Waals surface area contributed by atoms with E-state index >= 15 is 0 Å². The molecule has 0 aromatic heterocycles. The molecule has 7 nitrogen and oxygen atoms in total. The van der Waals surface area contributed by atoms with Gasteiger partial charge < -0.3 is 10.1 Å². The van der Waals surface area contributed by atoms with Crippen molar-refractivity contribution in [1.82, 2.24) is 10.2 Å². The zero-order valence-corrected chi connectivity index (χ0v) is 14.5. The maximum atomic E-state index is 12.6. The molecular formula is C18H23N3O4. The highest BCUT2D eigenvalue weighted by atomic mass is 16.5. The molecule has 3 rings (SSSR count). The Kier molecular flexibility index (Phi) is 5.03. The number of amides is 4. The quantitative estimate of drug-likeness (QED) is 0.819. The van der Waals surface area contributed by atoms with Crippen molar-refractivity contribution in [2.45, 2.75) is 38.8 Å². The lowest BCUT2D eigenvalue weighted by molar-refractivity contribution is -0.132. The minimum atomic E-state index is -0.624. The average Bonchev–Trinajstić information content (AvgIpc) is 3.18. The third-order valence-corrected chi connectivity index (χ3v) is 4.61. The number of benzene rings is 1. The number of hydrogen-bond acceptors (Lipinski definition) is 4. The lowest BCUT2D eigenvalue weighted by atomic mass is 10.2. The second-order valence-corrected chi connectivity index (χ2v) is 6.53. The van der Waals surface area contributed by atoms with Gasteiger partial charge in [-0.3, -0.25) is 19.4 Å². The largest absolute Gasteiger partial charge is 0.376 e. The summed E-state index contributed by atoms with van der Waals surface area (Å²) >= 11 is 0. The molecule has 2 aliphatic rings. The summed E-state index contributed by atoms with van der Waals surface area (Å²) in [5.74, 6) is -0.715. The van der Waals surface area contributed by atoms with Crippen molar-refractivity contribution in [1.29, 1.82) is 0 Å². The molecule has 4 amide bonds. The van der Waals surface area contributed by atoms with Crippen molar-refractivity contribution in [3.63, 3.8) is 0 Å². The van der Waals surface area contributed by atoms with E-state index in [0.29, 0.717) is 18.8 Å². The van der Waals surface area contributed by atoms with Crippen LogP contribution in [0.4, 0.5) is 10.5 Å². The number of anilines is 1. The molecule has 0 unspecified atom stereocenters. The Morgan fingerprint density at radius 1 is 1.28 bits per heavy atom. The van der Waals surface area contributed by atoms with Crippen molar-refractivity contribution in [2.24, 2.45) is 0 Å². The Morgan fingerprint density at radius 2 is 2.00 bits per heavy atom. The molecule has 2 saturated heterocycles. The number of imide groups is 1. The lowest BCUT2D eigenvalue weighted by Gasteiger charge is -2.19. The van der Waals surface area contributed by atoms with Gasteiger partial charge in [0, 0.05) is 18.8 Å². The molecule has 0 radical (unpaired) electrons. The maximum absolute atomic E-state index is 12.6. The monoisotopic (exact) mass is 345 g/mol. The minimum Gasteiger partial charge on any atom is -0.376 e. The summed E-state index contributed by atoms with van der Waals surface area (Å²) in [4.78, 5) is 39.6. The lowest BCUT2D eigenvalue weighted by Crippen LogP contribution is -2.43. The minimum absolute atomic E-state index is 0.0249. The van der Waals surface area contributed by atoms with Crippen molar-refractivity contribution < 1.29 is 19.1 Å². The van der Waals surface area contributed by atoms with Crippen LogP contribution in [0.25, 0.3) is 0 Å². The van der Waals surface area contributed by atoms with E-state index in [9.17, 15) is 14.4 Å². The van der Waals surface area contributed by atoms with Crippen molar-refractivity contribution in [3.05, 3.63) is 29.8 Å². The van der Waals surface area contributed by atoms with E-state index in [0.717, 1.165) is 23.3 Å². The van der Waals surface area contributed by atoms with Crippen LogP contribution in [0.5, 0.6) is 0 Å². The number of nitrogens with zero attached hydrogens (tertiary/aromatic N) is 2. The number of carbonyl (C=O) groups excluding carboxylic acids is 3. The second kappa shape index (κ2) is 7.23. The van der Waals surface area contributed by atoms with E-state index in [1.165, 1.54) is 4.90 Å². The van der Waals surface area contributed by atoms with Gasteiger partial charge in [0.25, 0.3) is 5.91 Å². The van der Waals surface area contributed by atoms with Crippen LogP contribution in [0.3, 0.4) is 0 Å². The molecule has 25 heavy (non-hydrogen) atoms. The van der Waals surface area contributed by atoms with E-state index in [1.54, 1.807) is 19.1 Å². The first-order valence-corrected chi connectivity index (χ1v) is 8.57. The van der Waals surface area contributed by atoms with Gasteiger partial charge >= 0.3 is 6.03 Å². The van der Waals surface area contributed by atoms with Gasteiger partial charge in [0.05, 0.1) is 6.10 Å². The van der Waals surface area contributed by atoms with E-state index in [2.05, 4.69) is 5.32 Å². The van der Waals surface area contributed by atoms with E-state index in [1.807, 2.05) is 19.1 Å². The van der Waals surface area contributed by atoms with Crippen LogP contribution in [-0.4, -0.2) is 54.6 Å². The molecule has 0 spiro atoms. The molecule has 0 bridgehead atoms. The molecular weight excluding hydrogens is 322 g/mol. The summed E-state index contributed by atoms with van der Waals surface area (Å²) in [6.07, 6.45) is 1.93. The Bertz CT molecular complexity index is 667. The fourth-order valence-corrected chi connectivity index (χ4v) is 3.14. The first kappa shape index (κ1) is 17.4. The molecule has 1 aromatic rings. The number of urea groups is 1. The normalized spacial score (nSPS) is 23.4. The van der Waals surface area contributed by atoms with Gasteiger partial charge in [-0.1, -0.05) is 17.7 Å². The van der Waals surface area contributed by atoms with Gasteiger partial charge in [-0.15, -0.1) is 0 Å². The van der Waals surface area contributed by atoms with Gasteiger partial charge in [0.1, 0.15) is 12.6 Å². The van der Waals surface area contributed by atoms with Crippen LogP contribution in [-0.2, 0) is 14.3 Å². The molecule has 7 heteroatoms. The highest BCUT2D eigenvalue weighted by Crippen LogP contribution is 2.25. The van der Waals surface area contributed by atoms with E-state index < -0.39 is 12.1 Å². The number of hydrogen-bond donors (Lipinski definition) is 1. The predicted octanol–water partition coefficient (Wildman–Crippen LogP) is 1.45. The van der Waals surface area contributed by atoms with Crippen LogP contribution >= 0.6 is 0 Å². The number of nitrogens with one attached hydrogen (secondary N) is 1. The van der Waals surface area contributed by atoms with E-state index in [-0.39, 0.29) is 24.5 Å². The van der Waals surface area contributed by atoms with Crippen molar-refractivity contribution >= 4 is 23.5 Å². The van der Waals surface area contributed by atoms with Crippen LogP contribution in [0.1, 0.15) is 25.3 Å². The zero-order valence-electron chi connectivity index (χ0n) is 14.5. The van der Waals surface area contributed by atoms with Crippen LogP contribution in [0.2, 0.25) is 0 Å². The smallest absolute Gasteiger partial charge is 0.332 e. The summed E-state index contributed by atoms with van der Waals surface area (Å²) < 4.78 is 5.45. The van der Waals surface area contributed by atoms with Crippen molar-refractivity contribution in [3.8, 4) is 0 Å². The van der Waals surface area contributed by atoms with Gasteiger partial charge in [0.15, 0.2) is 0 Å². The molecule has 1 N–H and O–H groups in total.